The van der Waals surface area contributed by atoms with Crippen LogP contribution in [-0.4, -0.2) is 18.7 Å². The third-order valence-corrected chi connectivity index (χ3v) is 5.41. The molecule has 1 saturated heterocycles. The summed E-state index contributed by atoms with van der Waals surface area (Å²) in [6, 6.07) is 6.00. The fourth-order valence-electron chi connectivity index (χ4n) is 1.60. The van der Waals surface area contributed by atoms with Gasteiger partial charge < -0.3 is 4.74 Å². The topological polar surface area (TPSA) is 29.5 Å². The Bertz CT molecular complexity index is 422. The average Bonchev–Trinajstić information content (AvgIpc) is 2.64. The first-order valence-electron chi connectivity index (χ1n) is 5.05. The second kappa shape index (κ2) is 5.07. The van der Waals surface area contributed by atoms with E-state index in [0.29, 0.717) is 6.54 Å². The number of hydrogen-bond acceptors (Lipinski definition) is 2. The van der Waals surface area contributed by atoms with Crippen molar-refractivity contribution < 1.29 is 9.53 Å². The lowest BCUT2D eigenvalue weighted by Gasteiger charge is -2.13. The number of cyclic esters (lactones) is 1. The molecule has 1 fully saturated rings. The second-order valence-corrected chi connectivity index (χ2v) is 5.95. The van der Waals surface area contributed by atoms with Crippen molar-refractivity contribution in [1.29, 1.82) is 0 Å². The van der Waals surface area contributed by atoms with Crippen LogP contribution < -0.4 is 4.90 Å². The standard InChI is InChI=1S/C11H11I2NO2/c1-2-8-6-14(11(15)16-8)7-3-4-9(12)10(13)5-7/h3-5,8H,2,6H2,1H3/t8-/m0/s1. The molecule has 2 rings (SSSR count). The highest BCUT2D eigenvalue weighted by molar-refractivity contribution is 14.1. The van der Waals surface area contributed by atoms with Crippen molar-refractivity contribution in [2.45, 2.75) is 19.4 Å². The monoisotopic (exact) mass is 443 g/mol. The molecule has 0 saturated carbocycles. The van der Waals surface area contributed by atoms with Gasteiger partial charge in [0.2, 0.25) is 0 Å². The molecule has 0 aromatic heterocycles. The van der Waals surface area contributed by atoms with Crippen LogP contribution in [0.25, 0.3) is 0 Å². The van der Waals surface area contributed by atoms with Crippen molar-refractivity contribution in [3.8, 4) is 0 Å². The Labute approximate surface area is 122 Å². The zero-order valence-corrected chi connectivity index (χ0v) is 13.1. The molecular formula is C11H11I2NO2. The van der Waals surface area contributed by atoms with Crippen LogP contribution in [0.5, 0.6) is 0 Å². The molecular weight excluding hydrogens is 432 g/mol. The summed E-state index contributed by atoms with van der Waals surface area (Å²) in [7, 11) is 0. The second-order valence-electron chi connectivity index (χ2n) is 3.62. The average molecular weight is 443 g/mol. The molecule has 0 unspecified atom stereocenters. The highest BCUT2D eigenvalue weighted by atomic mass is 127. The summed E-state index contributed by atoms with van der Waals surface area (Å²) >= 11 is 4.55. The normalized spacial score (nSPS) is 20.1. The minimum Gasteiger partial charge on any atom is -0.444 e. The number of amides is 1. The maximum Gasteiger partial charge on any atom is 0.414 e. The van der Waals surface area contributed by atoms with Gasteiger partial charge in [-0.3, -0.25) is 4.90 Å². The van der Waals surface area contributed by atoms with Crippen molar-refractivity contribution in [2.24, 2.45) is 0 Å². The van der Waals surface area contributed by atoms with Gasteiger partial charge in [-0.2, -0.15) is 0 Å². The van der Waals surface area contributed by atoms with Crippen LogP contribution in [0.1, 0.15) is 13.3 Å². The molecule has 1 aromatic rings. The number of carbonyl (C=O) groups is 1. The molecule has 3 nitrogen and oxygen atoms in total. The molecule has 1 heterocycles. The zero-order valence-electron chi connectivity index (χ0n) is 8.74. The van der Waals surface area contributed by atoms with Gasteiger partial charge in [0.1, 0.15) is 6.10 Å². The fourth-order valence-corrected chi connectivity index (χ4v) is 2.43. The lowest BCUT2D eigenvalue weighted by atomic mass is 10.2. The number of hydrogen-bond donors (Lipinski definition) is 0. The van der Waals surface area contributed by atoms with Gasteiger partial charge in [0.15, 0.2) is 0 Å². The number of halogens is 2. The van der Waals surface area contributed by atoms with Gasteiger partial charge >= 0.3 is 6.09 Å². The summed E-state index contributed by atoms with van der Waals surface area (Å²) in [5.74, 6) is 0. The molecule has 1 aromatic carbocycles. The smallest absolute Gasteiger partial charge is 0.414 e. The van der Waals surface area contributed by atoms with Crippen LogP contribution in [0.15, 0.2) is 18.2 Å². The van der Waals surface area contributed by atoms with Crippen LogP contribution in [0.3, 0.4) is 0 Å². The van der Waals surface area contributed by atoms with E-state index in [2.05, 4.69) is 45.2 Å². The Kier molecular flexibility index (Phi) is 3.93. The van der Waals surface area contributed by atoms with Crippen molar-refractivity contribution in [2.75, 3.05) is 11.4 Å². The molecule has 86 valence electrons. The van der Waals surface area contributed by atoms with Crippen molar-refractivity contribution in [1.82, 2.24) is 0 Å². The highest BCUT2D eigenvalue weighted by Gasteiger charge is 2.31. The summed E-state index contributed by atoms with van der Waals surface area (Å²) < 4.78 is 7.58. The lowest BCUT2D eigenvalue weighted by Crippen LogP contribution is -2.24. The van der Waals surface area contributed by atoms with Gasteiger partial charge in [-0.25, -0.2) is 4.79 Å². The number of carbonyl (C=O) groups excluding carboxylic acids is 1. The van der Waals surface area contributed by atoms with Crippen molar-refractivity contribution in [3.05, 3.63) is 25.3 Å². The van der Waals surface area contributed by atoms with E-state index in [1.807, 2.05) is 25.1 Å². The molecule has 0 aliphatic carbocycles. The molecule has 1 atom stereocenters. The summed E-state index contributed by atoms with van der Waals surface area (Å²) in [6.07, 6.45) is 0.664. The van der Waals surface area contributed by atoms with E-state index in [9.17, 15) is 4.79 Å². The van der Waals surface area contributed by atoms with Gasteiger partial charge in [0.25, 0.3) is 0 Å². The van der Waals surface area contributed by atoms with Crippen molar-refractivity contribution >= 4 is 57.0 Å². The van der Waals surface area contributed by atoms with E-state index in [1.54, 1.807) is 4.90 Å². The van der Waals surface area contributed by atoms with E-state index in [-0.39, 0.29) is 12.2 Å². The van der Waals surface area contributed by atoms with Gasteiger partial charge in [-0.05, 0) is 69.8 Å². The molecule has 1 amide bonds. The van der Waals surface area contributed by atoms with Gasteiger partial charge in [-0.1, -0.05) is 6.92 Å². The minimum absolute atomic E-state index is 0.0319. The van der Waals surface area contributed by atoms with Crippen LogP contribution in [0.4, 0.5) is 10.5 Å². The third-order valence-electron chi connectivity index (χ3n) is 2.54. The number of anilines is 1. The first kappa shape index (κ1) is 12.4. The Morgan fingerprint density at radius 2 is 2.19 bits per heavy atom. The molecule has 1 aliphatic heterocycles. The number of rotatable bonds is 2. The predicted molar refractivity (Wildman–Crippen MR) is 79.8 cm³/mol. The predicted octanol–water partition coefficient (Wildman–Crippen LogP) is 3.63. The SMILES string of the molecule is CC[C@H]1CN(c2ccc(I)c(I)c2)C(=O)O1. The highest BCUT2D eigenvalue weighted by Crippen LogP contribution is 2.26. The molecule has 0 N–H and O–H groups in total. The van der Waals surface area contributed by atoms with Gasteiger partial charge in [0.05, 0.1) is 6.54 Å². The van der Waals surface area contributed by atoms with E-state index >= 15 is 0 Å². The van der Waals surface area contributed by atoms with E-state index in [4.69, 9.17) is 4.74 Å². The largest absolute Gasteiger partial charge is 0.444 e. The Balaban J connectivity index is 2.24. The molecule has 16 heavy (non-hydrogen) atoms. The Morgan fingerprint density at radius 1 is 1.44 bits per heavy atom. The fraction of sp³-hybridized carbons (Fsp3) is 0.364. The molecule has 1 aliphatic rings. The summed E-state index contributed by atoms with van der Waals surface area (Å²) in [4.78, 5) is 13.3. The first-order valence-corrected chi connectivity index (χ1v) is 7.20. The van der Waals surface area contributed by atoms with Crippen LogP contribution >= 0.6 is 45.2 Å². The maximum absolute atomic E-state index is 11.6. The third kappa shape index (κ3) is 2.44. The van der Waals surface area contributed by atoms with Crippen LogP contribution in [0, 0.1) is 7.14 Å². The minimum atomic E-state index is -0.233. The molecule has 0 radical (unpaired) electrons. The van der Waals surface area contributed by atoms with Gasteiger partial charge in [-0.15, -0.1) is 0 Å². The number of nitrogens with zero attached hydrogens (tertiary/aromatic N) is 1. The lowest BCUT2D eigenvalue weighted by molar-refractivity contribution is 0.139. The quantitative estimate of drug-likeness (QED) is 0.654. The van der Waals surface area contributed by atoms with E-state index in [0.717, 1.165) is 15.7 Å². The van der Waals surface area contributed by atoms with Crippen LogP contribution in [-0.2, 0) is 4.74 Å². The van der Waals surface area contributed by atoms with Crippen LogP contribution in [0.2, 0.25) is 0 Å². The van der Waals surface area contributed by atoms with Gasteiger partial charge in [0, 0.05) is 12.8 Å². The van der Waals surface area contributed by atoms with Crippen molar-refractivity contribution in [3.63, 3.8) is 0 Å². The van der Waals surface area contributed by atoms with E-state index in [1.165, 1.54) is 3.57 Å². The maximum atomic E-state index is 11.6. The Morgan fingerprint density at radius 3 is 2.75 bits per heavy atom. The van der Waals surface area contributed by atoms with E-state index < -0.39 is 0 Å². The Hall–Kier alpha value is -0.0500. The molecule has 0 spiro atoms. The summed E-state index contributed by atoms with van der Waals surface area (Å²) in [5.41, 5.74) is 0.922. The first-order chi connectivity index (χ1) is 7.61. The molecule has 0 bridgehead atoms. The summed E-state index contributed by atoms with van der Waals surface area (Å²) in [5, 5.41) is 0. The summed E-state index contributed by atoms with van der Waals surface area (Å²) in [6.45, 7) is 2.69. The molecule has 5 heteroatoms. The number of benzene rings is 1. The zero-order chi connectivity index (χ0) is 11.7. The number of ether oxygens (including phenoxy) is 1.